The summed E-state index contributed by atoms with van der Waals surface area (Å²) < 4.78 is 18.9. The Morgan fingerprint density at radius 2 is 1.76 bits per heavy atom. The van der Waals surface area contributed by atoms with Crippen LogP contribution < -0.4 is 5.32 Å². The van der Waals surface area contributed by atoms with Crippen molar-refractivity contribution >= 4 is 39.1 Å². The Hall–Kier alpha value is -3.62. The van der Waals surface area contributed by atoms with Gasteiger partial charge in [0.1, 0.15) is 15.5 Å². The molecule has 0 bridgehead atoms. The minimum absolute atomic E-state index is 0.152. The number of anilines is 1. The first-order chi connectivity index (χ1) is 16.4. The van der Waals surface area contributed by atoms with Gasteiger partial charge < -0.3 is 10.1 Å². The van der Waals surface area contributed by atoms with Crippen molar-refractivity contribution in [2.45, 2.75) is 19.5 Å². The number of aromatic nitrogens is 1. The maximum atomic E-state index is 14.0. The summed E-state index contributed by atoms with van der Waals surface area (Å²) in [7, 11) is 3.30. The zero-order valence-corrected chi connectivity index (χ0v) is 19.7. The molecule has 174 valence electrons. The standard InChI is InChI=1S/C26H24FN3O3S/c1-30(15-17-8-4-3-5-9-17)16-19-12-13-20-23(24(26(32)33-2)34-25(20)28-19)29-22(31)14-18-10-6-7-11-21(18)27/h3-13H,14-16H2,1-2H3,(H,29,31). The van der Waals surface area contributed by atoms with Gasteiger partial charge in [-0.25, -0.2) is 14.2 Å². The lowest BCUT2D eigenvalue weighted by atomic mass is 10.1. The van der Waals surface area contributed by atoms with Gasteiger partial charge in [-0.2, -0.15) is 0 Å². The average Bonchev–Trinajstić information content (AvgIpc) is 3.18. The van der Waals surface area contributed by atoms with Crippen molar-refractivity contribution in [2.75, 3.05) is 19.5 Å². The van der Waals surface area contributed by atoms with Crippen molar-refractivity contribution in [1.29, 1.82) is 0 Å². The van der Waals surface area contributed by atoms with E-state index in [4.69, 9.17) is 9.72 Å². The molecule has 34 heavy (non-hydrogen) atoms. The second-order valence-electron chi connectivity index (χ2n) is 7.93. The van der Waals surface area contributed by atoms with E-state index in [0.717, 1.165) is 23.6 Å². The number of esters is 1. The molecule has 0 saturated heterocycles. The Morgan fingerprint density at radius 1 is 1.03 bits per heavy atom. The molecule has 2 aromatic heterocycles. The molecule has 0 spiro atoms. The highest BCUT2D eigenvalue weighted by Gasteiger charge is 2.22. The van der Waals surface area contributed by atoms with Gasteiger partial charge in [-0.3, -0.25) is 9.69 Å². The van der Waals surface area contributed by atoms with E-state index in [9.17, 15) is 14.0 Å². The average molecular weight is 478 g/mol. The zero-order chi connectivity index (χ0) is 24.1. The molecule has 4 aromatic rings. The molecule has 0 radical (unpaired) electrons. The van der Waals surface area contributed by atoms with Crippen molar-refractivity contribution in [3.05, 3.63) is 94.2 Å². The fourth-order valence-corrected chi connectivity index (χ4v) is 4.76. The first-order valence-electron chi connectivity index (χ1n) is 10.7. The summed E-state index contributed by atoms with van der Waals surface area (Å²) in [6, 6.07) is 20.0. The van der Waals surface area contributed by atoms with E-state index in [1.54, 1.807) is 18.2 Å². The van der Waals surface area contributed by atoms with Crippen LogP contribution in [0.25, 0.3) is 10.2 Å². The number of halogens is 1. The number of hydrogen-bond donors (Lipinski definition) is 1. The predicted molar refractivity (Wildman–Crippen MR) is 131 cm³/mol. The normalized spacial score (nSPS) is 11.1. The number of ether oxygens (including phenoxy) is 1. The third-order valence-electron chi connectivity index (χ3n) is 5.28. The highest BCUT2D eigenvalue weighted by molar-refractivity contribution is 7.21. The van der Waals surface area contributed by atoms with Crippen LogP contribution in [0.5, 0.6) is 0 Å². The number of carbonyl (C=O) groups is 2. The van der Waals surface area contributed by atoms with Gasteiger partial charge in [0, 0.05) is 18.5 Å². The Morgan fingerprint density at radius 3 is 2.50 bits per heavy atom. The number of fused-ring (bicyclic) bond motifs is 1. The molecule has 8 heteroatoms. The highest BCUT2D eigenvalue weighted by Crippen LogP contribution is 2.35. The molecule has 4 rings (SSSR count). The Balaban J connectivity index is 1.56. The van der Waals surface area contributed by atoms with Crippen LogP contribution in [-0.2, 0) is 29.0 Å². The molecule has 1 amide bonds. The third kappa shape index (κ3) is 5.47. The van der Waals surface area contributed by atoms with E-state index >= 15 is 0 Å². The molecule has 2 heterocycles. The van der Waals surface area contributed by atoms with E-state index in [2.05, 4.69) is 22.3 Å². The number of amides is 1. The number of hydrogen-bond acceptors (Lipinski definition) is 6. The molecular weight excluding hydrogens is 453 g/mol. The van der Waals surface area contributed by atoms with Crippen LogP contribution >= 0.6 is 11.3 Å². The molecule has 0 aliphatic rings. The molecule has 0 unspecified atom stereocenters. The van der Waals surface area contributed by atoms with Gasteiger partial charge >= 0.3 is 5.97 Å². The fraction of sp³-hybridized carbons (Fsp3) is 0.192. The van der Waals surface area contributed by atoms with Crippen molar-refractivity contribution in [2.24, 2.45) is 0 Å². The van der Waals surface area contributed by atoms with Crippen LogP contribution in [0, 0.1) is 5.82 Å². The van der Waals surface area contributed by atoms with Crippen molar-refractivity contribution in [3.63, 3.8) is 0 Å². The highest BCUT2D eigenvalue weighted by atomic mass is 32.1. The van der Waals surface area contributed by atoms with E-state index in [1.165, 1.54) is 18.7 Å². The number of benzene rings is 2. The largest absolute Gasteiger partial charge is 0.465 e. The summed E-state index contributed by atoms with van der Waals surface area (Å²) in [5, 5.41) is 3.41. The number of pyridine rings is 1. The third-order valence-corrected chi connectivity index (χ3v) is 6.36. The lowest BCUT2D eigenvalue weighted by Gasteiger charge is -2.16. The number of nitrogens with zero attached hydrogens (tertiary/aromatic N) is 2. The first kappa shape index (κ1) is 23.5. The van der Waals surface area contributed by atoms with E-state index in [-0.39, 0.29) is 16.9 Å². The maximum absolute atomic E-state index is 14.0. The smallest absolute Gasteiger partial charge is 0.350 e. The monoisotopic (exact) mass is 477 g/mol. The van der Waals surface area contributed by atoms with Crippen LogP contribution in [0.3, 0.4) is 0 Å². The first-order valence-corrected chi connectivity index (χ1v) is 11.5. The number of carbonyl (C=O) groups excluding carboxylic acids is 2. The predicted octanol–water partition coefficient (Wildman–Crippen LogP) is 5.04. The quantitative estimate of drug-likeness (QED) is 0.360. The molecule has 0 fully saturated rings. The fourth-order valence-electron chi connectivity index (χ4n) is 3.69. The molecule has 6 nitrogen and oxygen atoms in total. The van der Waals surface area contributed by atoms with Gasteiger partial charge in [0.05, 0.1) is 24.9 Å². The summed E-state index contributed by atoms with van der Waals surface area (Å²) in [4.78, 5) is 32.8. The molecule has 0 saturated carbocycles. The Labute approximate surface area is 201 Å². The summed E-state index contributed by atoms with van der Waals surface area (Å²) in [6.07, 6.45) is -0.152. The Bertz CT molecular complexity index is 1320. The van der Waals surface area contributed by atoms with Gasteiger partial charge in [0.15, 0.2) is 0 Å². The van der Waals surface area contributed by atoms with Crippen molar-refractivity contribution in [3.8, 4) is 0 Å². The van der Waals surface area contributed by atoms with Crippen molar-refractivity contribution < 1.29 is 18.7 Å². The number of rotatable bonds is 8. The van der Waals surface area contributed by atoms with Crippen molar-refractivity contribution in [1.82, 2.24) is 9.88 Å². The summed E-state index contributed by atoms with van der Waals surface area (Å²) >= 11 is 1.16. The van der Waals surface area contributed by atoms with Gasteiger partial charge in [-0.15, -0.1) is 11.3 Å². The molecule has 0 aliphatic heterocycles. The summed E-state index contributed by atoms with van der Waals surface area (Å²) in [5.74, 6) is -1.44. The molecule has 0 aliphatic carbocycles. The maximum Gasteiger partial charge on any atom is 0.350 e. The van der Waals surface area contributed by atoms with Gasteiger partial charge in [0.2, 0.25) is 5.91 Å². The summed E-state index contributed by atoms with van der Waals surface area (Å²) in [5.41, 5.74) is 2.66. The zero-order valence-electron chi connectivity index (χ0n) is 18.9. The second kappa shape index (κ2) is 10.5. The van der Waals surface area contributed by atoms with Crippen LogP contribution in [0.1, 0.15) is 26.5 Å². The number of thiophene rings is 1. The van der Waals surface area contributed by atoms with E-state index in [0.29, 0.717) is 22.4 Å². The van der Waals surface area contributed by atoms with Crippen LogP contribution in [0.15, 0.2) is 66.7 Å². The van der Waals surface area contributed by atoms with Crippen LogP contribution in [-0.4, -0.2) is 35.9 Å². The minimum atomic E-state index is -0.563. The van der Waals surface area contributed by atoms with Crippen LogP contribution in [0.4, 0.5) is 10.1 Å². The second-order valence-corrected chi connectivity index (χ2v) is 8.93. The topological polar surface area (TPSA) is 71.5 Å². The number of methoxy groups -OCH3 is 1. The lowest BCUT2D eigenvalue weighted by Crippen LogP contribution is -2.18. The molecule has 2 aromatic carbocycles. The molecular formula is C26H24FN3O3S. The number of nitrogens with one attached hydrogen (secondary N) is 1. The molecule has 1 N–H and O–H groups in total. The SMILES string of the molecule is COC(=O)c1sc2nc(CN(C)Cc3ccccc3)ccc2c1NC(=O)Cc1ccccc1F. The van der Waals surface area contributed by atoms with E-state index < -0.39 is 17.7 Å². The van der Waals surface area contributed by atoms with E-state index in [1.807, 2.05) is 37.4 Å². The minimum Gasteiger partial charge on any atom is -0.465 e. The summed E-state index contributed by atoms with van der Waals surface area (Å²) in [6.45, 7) is 1.39. The van der Waals surface area contributed by atoms with Crippen LogP contribution in [0.2, 0.25) is 0 Å². The molecule has 0 atom stereocenters. The van der Waals surface area contributed by atoms with Gasteiger partial charge in [-0.05, 0) is 36.4 Å². The Kier molecular flexibility index (Phi) is 7.30. The lowest BCUT2D eigenvalue weighted by molar-refractivity contribution is -0.115. The van der Waals surface area contributed by atoms with Gasteiger partial charge in [-0.1, -0.05) is 48.5 Å². The van der Waals surface area contributed by atoms with Gasteiger partial charge in [0.25, 0.3) is 0 Å².